The highest BCUT2D eigenvalue weighted by Crippen LogP contribution is 2.39. The molecule has 0 bridgehead atoms. The lowest BCUT2D eigenvalue weighted by atomic mass is 9.94. The Labute approximate surface area is 404 Å². The Bertz CT molecular complexity index is 2500. The first-order valence-corrected chi connectivity index (χ1v) is 22.7. The number of nitro groups is 2. The third-order valence-corrected chi connectivity index (χ3v) is 11.6. The van der Waals surface area contributed by atoms with Crippen LogP contribution in [0.15, 0.2) is 85.3 Å². The van der Waals surface area contributed by atoms with Crippen molar-refractivity contribution in [3.8, 4) is 5.75 Å². The Morgan fingerprint density at radius 3 is 2.20 bits per heavy atom. The molecular formula is C48H59N9O13. The fraction of sp³-hybridized carbons (Fsp3) is 0.438. The van der Waals surface area contributed by atoms with E-state index >= 15 is 9.59 Å². The summed E-state index contributed by atoms with van der Waals surface area (Å²) in [6, 6.07) is 12.3. The van der Waals surface area contributed by atoms with Crippen molar-refractivity contribution < 1.29 is 52.8 Å². The molecular weight excluding hydrogens is 911 g/mol. The van der Waals surface area contributed by atoms with Gasteiger partial charge in [0.15, 0.2) is 0 Å². The summed E-state index contributed by atoms with van der Waals surface area (Å²) in [5, 5.41) is 33.2. The number of nitro benzene ring substituents is 2. The Morgan fingerprint density at radius 1 is 0.900 bits per heavy atom. The SMILES string of the molecule is CC[C@H](C)[C@H](NC(=O)[C@H](Cc1ccc(OCc2ccccc2)cc1)NC(=O)OC(C)(C)C)C(=O)N(c1cccc([N+](=O)[O-])c1[N+](=O)[O-])[C@@H](Cc1cnc[nH]1)C(=O)N1CCC[C@H]1C(=O)N[C@@H](C)C(=O)OC. The second-order valence-electron chi connectivity index (χ2n) is 17.8. The average Bonchev–Trinajstić information content (AvgIpc) is 4.05. The minimum Gasteiger partial charge on any atom is -0.489 e. The molecule has 3 aromatic carbocycles. The fourth-order valence-corrected chi connectivity index (χ4v) is 7.87. The predicted molar refractivity (Wildman–Crippen MR) is 253 cm³/mol. The van der Waals surface area contributed by atoms with Gasteiger partial charge in [-0.15, -0.1) is 0 Å². The number of hydrogen-bond donors (Lipinski definition) is 4. The summed E-state index contributed by atoms with van der Waals surface area (Å²) in [7, 11) is 1.14. The maximum atomic E-state index is 15.7. The largest absolute Gasteiger partial charge is 0.489 e. The van der Waals surface area contributed by atoms with Gasteiger partial charge >= 0.3 is 23.4 Å². The third-order valence-electron chi connectivity index (χ3n) is 11.6. The highest BCUT2D eigenvalue weighted by atomic mass is 16.6. The number of alkyl carbamates (subject to hydrolysis) is 1. The van der Waals surface area contributed by atoms with Crippen LogP contribution < -0.4 is 25.6 Å². The number of carbonyl (C=O) groups is 6. The van der Waals surface area contributed by atoms with Crippen LogP contribution in [-0.4, -0.2) is 110 Å². The van der Waals surface area contributed by atoms with E-state index in [0.29, 0.717) is 24.3 Å². The van der Waals surface area contributed by atoms with Crippen LogP contribution in [0.3, 0.4) is 0 Å². The Balaban J connectivity index is 1.59. The number of benzene rings is 3. The van der Waals surface area contributed by atoms with E-state index in [9.17, 15) is 39.4 Å². The molecule has 22 heteroatoms. The number of aromatic amines is 1. The van der Waals surface area contributed by atoms with Crippen LogP contribution in [0, 0.1) is 26.1 Å². The number of methoxy groups -OCH3 is 1. The lowest BCUT2D eigenvalue weighted by molar-refractivity contribution is -0.422. The molecule has 22 nitrogen and oxygen atoms in total. The van der Waals surface area contributed by atoms with E-state index in [1.807, 2.05) is 30.3 Å². The average molecular weight is 970 g/mol. The lowest BCUT2D eigenvalue weighted by Gasteiger charge is -2.38. The minimum atomic E-state index is -1.78. The molecule has 70 heavy (non-hydrogen) atoms. The van der Waals surface area contributed by atoms with E-state index < -0.39 is 111 Å². The third kappa shape index (κ3) is 13.8. The number of nitrogens with zero attached hydrogens (tertiary/aromatic N) is 5. The monoisotopic (exact) mass is 969 g/mol. The summed E-state index contributed by atoms with van der Waals surface area (Å²) in [6.07, 6.45) is 1.80. The molecule has 0 saturated carbocycles. The van der Waals surface area contributed by atoms with E-state index in [1.54, 1.807) is 58.9 Å². The van der Waals surface area contributed by atoms with Gasteiger partial charge in [0.05, 0.1) is 23.3 Å². The number of rotatable bonds is 21. The first-order valence-electron chi connectivity index (χ1n) is 22.7. The van der Waals surface area contributed by atoms with Crippen LogP contribution in [-0.2, 0) is 52.9 Å². The van der Waals surface area contributed by atoms with Crippen LogP contribution >= 0.6 is 0 Å². The van der Waals surface area contributed by atoms with Gasteiger partial charge in [-0.3, -0.25) is 44.3 Å². The van der Waals surface area contributed by atoms with E-state index in [2.05, 4.69) is 25.9 Å². The van der Waals surface area contributed by atoms with Gasteiger partial charge in [-0.25, -0.2) is 14.6 Å². The molecule has 5 amide bonds. The summed E-state index contributed by atoms with van der Waals surface area (Å²) in [5.74, 6) is -4.57. The zero-order valence-corrected chi connectivity index (χ0v) is 40.0. The predicted octanol–water partition coefficient (Wildman–Crippen LogP) is 5.09. The molecule has 6 atom stereocenters. The zero-order valence-electron chi connectivity index (χ0n) is 40.0. The summed E-state index contributed by atoms with van der Waals surface area (Å²) < 4.78 is 16.2. The van der Waals surface area contributed by atoms with Crippen LogP contribution in [0.4, 0.5) is 21.9 Å². The normalized spacial score (nSPS) is 15.5. The first kappa shape index (κ1) is 53.1. The number of para-hydroxylation sites is 1. The van der Waals surface area contributed by atoms with Crippen LogP contribution in [0.5, 0.6) is 5.75 Å². The van der Waals surface area contributed by atoms with Crippen molar-refractivity contribution in [2.45, 2.75) is 116 Å². The van der Waals surface area contributed by atoms with Gasteiger partial charge in [0.1, 0.15) is 53.9 Å². The molecule has 2 heterocycles. The maximum absolute atomic E-state index is 15.7. The molecule has 374 valence electrons. The van der Waals surface area contributed by atoms with Crippen molar-refractivity contribution in [3.63, 3.8) is 0 Å². The van der Waals surface area contributed by atoms with E-state index in [-0.39, 0.29) is 31.5 Å². The molecule has 0 unspecified atom stereocenters. The fourth-order valence-electron chi connectivity index (χ4n) is 7.87. The molecule has 1 saturated heterocycles. The number of imidazole rings is 1. The molecule has 0 spiro atoms. The van der Waals surface area contributed by atoms with Crippen molar-refractivity contribution in [2.24, 2.45) is 5.92 Å². The number of nitrogens with one attached hydrogen (secondary N) is 4. The summed E-state index contributed by atoms with van der Waals surface area (Å²) in [5.41, 5.74) is -1.98. The second kappa shape index (κ2) is 23.9. The number of hydrogen-bond acceptors (Lipinski definition) is 14. The molecule has 4 aromatic rings. The van der Waals surface area contributed by atoms with E-state index in [0.717, 1.165) is 35.8 Å². The van der Waals surface area contributed by atoms with Gasteiger partial charge in [0, 0.05) is 37.3 Å². The molecule has 1 aliphatic rings. The molecule has 1 aliphatic heterocycles. The van der Waals surface area contributed by atoms with Crippen molar-refractivity contribution >= 4 is 52.8 Å². The van der Waals surface area contributed by atoms with Crippen molar-refractivity contribution in [1.29, 1.82) is 0 Å². The second-order valence-corrected chi connectivity index (χ2v) is 17.8. The molecule has 0 radical (unpaired) electrons. The quantitative estimate of drug-likeness (QED) is 0.0481. The van der Waals surface area contributed by atoms with Crippen molar-refractivity contribution in [3.05, 3.63) is 122 Å². The smallest absolute Gasteiger partial charge is 0.408 e. The van der Waals surface area contributed by atoms with Crippen LogP contribution in [0.25, 0.3) is 0 Å². The van der Waals surface area contributed by atoms with E-state index in [1.165, 1.54) is 24.3 Å². The molecule has 0 aliphatic carbocycles. The number of likely N-dealkylation sites (tertiary alicyclic amines) is 1. The lowest BCUT2D eigenvalue weighted by Crippen LogP contribution is -2.62. The van der Waals surface area contributed by atoms with Gasteiger partial charge in [-0.2, -0.15) is 0 Å². The van der Waals surface area contributed by atoms with Gasteiger partial charge in [0.25, 0.3) is 5.91 Å². The Morgan fingerprint density at radius 2 is 1.60 bits per heavy atom. The Hall–Kier alpha value is -7.91. The van der Waals surface area contributed by atoms with Crippen molar-refractivity contribution in [1.82, 2.24) is 30.8 Å². The maximum Gasteiger partial charge on any atom is 0.408 e. The standard InChI is InChI=1S/C48H59N9O13/c1-8-29(2)40(53-42(58)35(52-47(63)70-48(4,5)6)24-31-19-21-34(22-20-31)69-27-32-14-10-9-11-15-32)45(61)55(36-16-12-17-37(56(64)65)41(36)57(66)67)39(25-33-26-49-28-50-33)44(60)54-23-13-18-38(54)43(59)51-30(3)46(62)68-7/h9-12,14-17,19-22,26,28-30,35,38-40H,8,13,18,23-25,27H2,1-7H3,(H,49,50)(H,51,59)(H,52,63)(H,53,58)/t29-,30-,35-,38-,39-,40-/m0/s1. The molecule has 1 aromatic heterocycles. The number of carbonyl (C=O) groups excluding carboxylic acids is 6. The van der Waals surface area contributed by atoms with Gasteiger partial charge in [-0.1, -0.05) is 68.8 Å². The van der Waals surface area contributed by atoms with Gasteiger partial charge in [-0.05, 0) is 75.8 Å². The first-order chi connectivity index (χ1) is 33.2. The number of H-pyrrole nitrogens is 1. The van der Waals surface area contributed by atoms with Gasteiger partial charge < -0.3 is 40.0 Å². The highest BCUT2D eigenvalue weighted by molar-refractivity contribution is 6.07. The molecule has 1 fully saturated rings. The number of ether oxygens (including phenoxy) is 3. The number of esters is 1. The summed E-state index contributed by atoms with van der Waals surface area (Å²) in [6.45, 7) is 9.90. The van der Waals surface area contributed by atoms with Crippen molar-refractivity contribution in [2.75, 3.05) is 18.6 Å². The molecule has 5 rings (SSSR count). The van der Waals surface area contributed by atoms with E-state index in [4.69, 9.17) is 14.2 Å². The highest BCUT2D eigenvalue weighted by Gasteiger charge is 2.47. The number of aromatic nitrogens is 2. The summed E-state index contributed by atoms with van der Waals surface area (Å²) in [4.78, 5) is 117. The van der Waals surface area contributed by atoms with Crippen LogP contribution in [0.2, 0.25) is 0 Å². The van der Waals surface area contributed by atoms with Crippen LogP contribution in [0.1, 0.15) is 77.6 Å². The zero-order chi connectivity index (χ0) is 51.3. The minimum absolute atomic E-state index is 0.0221. The summed E-state index contributed by atoms with van der Waals surface area (Å²) >= 11 is 0. The topological polar surface area (TPSA) is 288 Å². The van der Waals surface area contributed by atoms with Gasteiger partial charge in [0.2, 0.25) is 17.7 Å². The number of anilines is 1. The Kier molecular flexibility index (Phi) is 18.1. The number of amides is 5. The molecule has 4 N–H and O–H groups in total.